The van der Waals surface area contributed by atoms with Gasteiger partial charge in [0.2, 0.25) is 11.7 Å². The highest BCUT2D eigenvalue weighted by molar-refractivity contribution is 5.98. The third-order valence-electron chi connectivity index (χ3n) is 4.01. The van der Waals surface area contributed by atoms with Crippen molar-refractivity contribution < 1.29 is 28.5 Å². The van der Waals surface area contributed by atoms with Crippen molar-refractivity contribution in [3.8, 4) is 17.2 Å². The van der Waals surface area contributed by atoms with Crippen LogP contribution in [-0.4, -0.2) is 39.8 Å². The van der Waals surface area contributed by atoms with Crippen LogP contribution >= 0.6 is 0 Å². The first-order valence-corrected chi connectivity index (χ1v) is 7.09. The molecule has 0 bridgehead atoms. The summed E-state index contributed by atoms with van der Waals surface area (Å²) in [6.45, 7) is 0.0980. The molecule has 1 aromatic rings. The molecule has 0 aliphatic carbocycles. The molecule has 1 amide bonds. The third-order valence-corrected chi connectivity index (χ3v) is 4.01. The molecule has 2 aliphatic rings. The van der Waals surface area contributed by atoms with Crippen LogP contribution < -0.4 is 19.5 Å². The van der Waals surface area contributed by atoms with Gasteiger partial charge in [0.1, 0.15) is 6.61 Å². The zero-order valence-corrected chi connectivity index (χ0v) is 13.1. The van der Waals surface area contributed by atoms with Gasteiger partial charge in [-0.3, -0.25) is 4.79 Å². The molecule has 7 nitrogen and oxygen atoms in total. The lowest BCUT2D eigenvalue weighted by molar-refractivity contribution is -0.136. The Kier molecular flexibility index (Phi) is 3.85. The zero-order chi connectivity index (χ0) is 16.6. The molecule has 2 heterocycles. The summed E-state index contributed by atoms with van der Waals surface area (Å²) in [7, 11) is 4.55. The minimum absolute atomic E-state index is 0.0980. The Bertz CT molecular complexity index is 684. The van der Waals surface area contributed by atoms with E-state index in [1.807, 2.05) is 0 Å². The number of carbonyl (C=O) groups excluding carboxylic acids is 2. The first-order chi connectivity index (χ1) is 11.1. The van der Waals surface area contributed by atoms with Crippen LogP contribution in [0.15, 0.2) is 23.4 Å². The van der Waals surface area contributed by atoms with Crippen molar-refractivity contribution in [2.75, 3.05) is 27.9 Å². The summed E-state index contributed by atoms with van der Waals surface area (Å²) in [5, 5.41) is 2.70. The fourth-order valence-corrected chi connectivity index (χ4v) is 2.97. The highest BCUT2D eigenvalue weighted by atomic mass is 16.5. The molecule has 0 spiro atoms. The van der Waals surface area contributed by atoms with Crippen molar-refractivity contribution in [3.05, 3.63) is 29.0 Å². The maximum absolute atomic E-state index is 12.0. The second-order valence-corrected chi connectivity index (χ2v) is 5.23. The maximum atomic E-state index is 12.0. The topological polar surface area (TPSA) is 83.1 Å². The Labute approximate surface area is 133 Å². The average molecular weight is 319 g/mol. The number of methoxy groups -OCH3 is 3. The summed E-state index contributed by atoms with van der Waals surface area (Å²) in [4.78, 5) is 23.9. The van der Waals surface area contributed by atoms with Gasteiger partial charge in [-0.25, -0.2) is 4.79 Å². The molecule has 3 rings (SSSR count). The summed E-state index contributed by atoms with van der Waals surface area (Å²) in [5.41, 5.74) is 1.75. The molecule has 2 aliphatic heterocycles. The van der Waals surface area contributed by atoms with Crippen molar-refractivity contribution in [2.45, 2.75) is 12.3 Å². The van der Waals surface area contributed by atoms with Crippen LogP contribution in [0, 0.1) is 0 Å². The number of esters is 1. The summed E-state index contributed by atoms with van der Waals surface area (Å²) in [5.74, 6) is 0.451. The predicted octanol–water partition coefficient (Wildman–Crippen LogP) is 1.13. The first kappa shape index (κ1) is 15.2. The van der Waals surface area contributed by atoms with Crippen molar-refractivity contribution in [3.63, 3.8) is 0 Å². The maximum Gasteiger partial charge on any atom is 0.336 e. The second kappa shape index (κ2) is 5.83. The molecular weight excluding hydrogens is 302 g/mol. The van der Waals surface area contributed by atoms with E-state index in [9.17, 15) is 9.59 Å². The number of amides is 1. The average Bonchev–Trinajstić information content (AvgIpc) is 2.93. The van der Waals surface area contributed by atoms with E-state index in [-0.39, 0.29) is 18.9 Å². The summed E-state index contributed by atoms with van der Waals surface area (Å²) in [6, 6.07) is 3.50. The number of carbonyl (C=O) groups is 2. The first-order valence-electron chi connectivity index (χ1n) is 7.09. The number of ether oxygens (including phenoxy) is 4. The van der Waals surface area contributed by atoms with Gasteiger partial charge in [-0.15, -0.1) is 0 Å². The molecule has 1 atom stereocenters. The Morgan fingerprint density at radius 2 is 1.74 bits per heavy atom. The van der Waals surface area contributed by atoms with Crippen molar-refractivity contribution in [2.24, 2.45) is 0 Å². The number of rotatable bonds is 4. The third kappa shape index (κ3) is 2.48. The van der Waals surface area contributed by atoms with Gasteiger partial charge in [-0.05, 0) is 17.7 Å². The predicted molar refractivity (Wildman–Crippen MR) is 79.6 cm³/mol. The number of hydrogen-bond acceptors (Lipinski definition) is 6. The van der Waals surface area contributed by atoms with Gasteiger partial charge in [0, 0.05) is 12.3 Å². The SMILES string of the molecule is COc1cc([C@H]2CC(=O)NC3=C2C(=O)OC3)cc(OC)c1OC. The highest BCUT2D eigenvalue weighted by Gasteiger charge is 2.38. The molecule has 0 saturated carbocycles. The molecule has 7 heteroatoms. The van der Waals surface area contributed by atoms with Crippen molar-refractivity contribution >= 4 is 11.9 Å². The fraction of sp³-hybridized carbons (Fsp3) is 0.375. The second-order valence-electron chi connectivity index (χ2n) is 5.23. The van der Waals surface area contributed by atoms with E-state index in [0.717, 1.165) is 5.56 Å². The molecule has 1 aromatic carbocycles. The van der Waals surface area contributed by atoms with E-state index >= 15 is 0 Å². The van der Waals surface area contributed by atoms with Gasteiger partial charge >= 0.3 is 5.97 Å². The van der Waals surface area contributed by atoms with E-state index in [2.05, 4.69) is 5.32 Å². The number of hydrogen-bond donors (Lipinski definition) is 1. The lowest BCUT2D eigenvalue weighted by Gasteiger charge is -2.24. The van der Waals surface area contributed by atoms with Crippen LogP contribution in [0.25, 0.3) is 0 Å². The molecule has 0 unspecified atom stereocenters. The van der Waals surface area contributed by atoms with Crippen LogP contribution in [0.3, 0.4) is 0 Å². The molecule has 122 valence electrons. The van der Waals surface area contributed by atoms with E-state index in [4.69, 9.17) is 18.9 Å². The quantitative estimate of drug-likeness (QED) is 0.838. The van der Waals surface area contributed by atoms with Crippen LogP contribution in [0.5, 0.6) is 17.2 Å². The van der Waals surface area contributed by atoms with Crippen LogP contribution in [0.4, 0.5) is 0 Å². The van der Waals surface area contributed by atoms with Crippen molar-refractivity contribution in [1.82, 2.24) is 5.32 Å². The zero-order valence-electron chi connectivity index (χ0n) is 13.1. The van der Waals surface area contributed by atoms with E-state index in [0.29, 0.717) is 28.5 Å². The van der Waals surface area contributed by atoms with Gasteiger partial charge < -0.3 is 24.3 Å². The van der Waals surface area contributed by atoms with Gasteiger partial charge in [0.05, 0.1) is 32.6 Å². The van der Waals surface area contributed by atoms with Crippen molar-refractivity contribution in [1.29, 1.82) is 0 Å². The van der Waals surface area contributed by atoms with E-state index < -0.39 is 11.9 Å². The Balaban J connectivity index is 2.12. The van der Waals surface area contributed by atoms with Gasteiger partial charge in [-0.1, -0.05) is 0 Å². The Morgan fingerprint density at radius 3 is 2.30 bits per heavy atom. The normalized spacial score (nSPS) is 19.9. The van der Waals surface area contributed by atoms with E-state index in [1.54, 1.807) is 12.1 Å². The van der Waals surface area contributed by atoms with Gasteiger partial charge in [-0.2, -0.15) is 0 Å². The smallest absolute Gasteiger partial charge is 0.336 e. The molecule has 0 radical (unpaired) electrons. The molecular formula is C16H17NO6. The number of nitrogens with one attached hydrogen (secondary N) is 1. The fourth-order valence-electron chi connectivity index (χ4n) is 2.97. The molecule has 0 saturated heterocycles. The number of cyclic esters (lactones) is 1. The van der Waals surface area contributed by atoms with Crippen LogP contribution in [-0.2, 0) is 14.3 Å². The number of benzene rings is 1. The minimum Gasteiger partial charge on any atom is -0.493 e. The van der Waals surface area contributed by atoms with Gasteiger partial charge in [0.15, 0.2) is 11.5 Å². The standard InChI is InChI=1S/C16H17NO6/c1-20-11-4-8(5-12(21-2)15(11)22-3)9-6-13(18)17-10-7-23-16(19)14(9)10/h4-5,9H,6-7H2,1-3H3,(H,17,18)/t9-/m1/s1. The van der Waals surface area contributed by atoms with Gasteiger partial charge in [0.25, 0.3) is 0 Å². The highest BCUT2D eigenvalue weighted by Crippen LogP contribution is 2.44. The van der Waals surface area contributed by atoms with E-state index in [1.165, 1.54) is 21.3 Å². The molecule has 23 heavy (non-hydrogen) atoms. The summed E-state index contributed by atoms with van der Waals surface area (Å²) in [6.07, 6.45) is 0.159. The summed E-state index contributed by atoms with van der Waals surface area (Å²) >= 11 is 0. The largest absolute Gasteiger partial charge is 0.493 e. The lowest BCUT2D eigenvalue weighted by Crippen LogP contribution is -2.32. The Morgan fingerprint density at radius 1 is 1.09 bits per heavy atom. The molecule has 0 fully saturated rings. The summed E-state index contributed by atoms with van der Waals surface area (Å²) < 4.78 is 21.0. The molecule has 1 N–H and O–H groups in total. The monoisotopic (exact) mass is 319 g/mol. The molecule has 0 aromatic heterocycles. The Hall–Kier alpha value is -2.70. The minimum atomic E-state index is -0.404. The van der Waals surface area contributed by atoms with Crippen LogP contribution in [0.2, 0.25) is 0 Å². The van der Waals surface area contributed by atoms with Crippen LogP contribution in [0.1, 0.15) is 17.9 Å². The lowest BCUT2D eigenvalue weighted by atomic mass is 9.85.